The molecule has 3 nitrogen and oxygen atoms in total. The van der Waals surface area contributed by atoms with Gasteiger partial charge in [-0.15, -0.1) is 11.8 Å². The predicted octanol–water partition coefficient (Wildman–Crippen LogP) is 5.42. The molecule has 0 N–H and O–H groups in total. The third-order valence-corrected chi connectivity index (χ3v) is 6.65. The highest BCUT2D eigenvalue weighted by molar-refractivity contribution is 9.09. The summed E-state index contributed by atoms with van der Waals surface area (Å²) in [7, 11) is 0. The molecule has 0 heterocycles. The van der Waals surface area contributed by atoms with Crippen molar-refractivity contribution >= 4 is 33.4 Å². The van der Waals surface area contributed by atoms with Gasteiger partial charge in [0.25, 0.3) is 5.69 Å². The Morgan fingerprint density at radius 1 is 1.20 bits per heavy atom. The van der Waals surface area contributed by atoms with Gasteiger partial charge in [-0.1, -0.05) is 53.7 Å². The summed E-state index contributed by atoms with van der Waals surface area (Å²) in [6, 6.07) is 7.06. The van der Waals surface area contributed by atoms with Crippen LogP contribution in [-0.2, 0) is 0 Å². The van der Waals surface area contributed by atoms with Gasteiger partial charge in [0.15, 0.2) is 0 Å². The molecule has 0 aromatic heterocycles. The molecule has 1 aliphatic rings. The third kappa shape index (κ3) is 3.98. The summed E-state index contributed by atoms with van der Waals surface area (Å²) in [5.74, 6) is 0.961. The first kappa shape index (κ1) is 15.8. The van der Waals surface area contributed by atoms with Crippen LogP contribution in [0, 0.1) is 15.5 Å². The molecular weight excluding hydrogens is 338 g/mol. The normalized spacial score (nSPS) is 18.4. The van der Waals surface area contributed by atoms with E-state index in [4.69, 9.17) is 0 Å². The van der Waals surface area contributed by atoms with Gasteiger partial charge >= 0.3 is 0 Å². The molecule has 1 aliphatic carbocycles. The Kier molecular flexibility index (Phi) is 5.90. The Bertz CT molecular complexity index is 459. The topological polar surface area (TPSA) is 43.1 Å². The molecule has 5 heteroatoms. The number of benzene rings is 1. The van der Waals surface area contributed by atoms with Crippen molar-refractivity contribution in [1.82, 2.24) is 0 Å². The minimum atomic E-state index is -0.282. The van der Waals surface area contributed by atoms with Crippen LogP contribution in [0.25, 0.3) is 0 Å². The van der Waals surface area contributed by atoms with Crippen LogP contribution >= 0.6 is 27.7 Å². The summed E-state index contributed by atoms with van der Waals surface area (Å²) in [5, 5.41) is 12.1. The highest BCUT2D eigenvalue weighted by Gasteiger charge is 2.30. The summed E-state index contributed by atoms with van der Waals surface area (Å²) in [5.41, 5.74) is 0.529. The fraction of sp³-hybridized carbons (Fsp3) is 0.600. The SMILES string of the molecule is O=[N+]([O-])c1ccccc1SCC1(CBr)CCCCCC1. The number of alkyl halides is 1. The van der Waals surface area contributed by atoms with E-state index in [-0.39, 0.29) is 10.6 Å². The Balaban J connectivity index is 2.08. The van der Waals surface area contributed by atoms with Crippen molar-refractivity contribution in [3.8, 4) is 0 Å². The van der Waals surface area contributed by atoms with Crippen LogP contribution in [0.15, 0.2) is 29.2 Å². The number of thioether (sulfide) groups is 1. The van der Waals surface area contributed by atoms with Gasteiger partial charge in [0.05, 0.1) is 9.82 Å². The fourth-order valence-corrected chi connectivity index (χ4v) is 5.10. The second kappa shape index (κ2) is 7.46. The molecule has 0 unspecified atom stereocenters. The zero-order valence-electron chi connectivity index (χ0n) is 11.5. The van der Waals surface area contributed by atoms with E-state index in [9.17, 15) is 10.1 Å². The molecule has 0 radical (unpaired) electrons. The molecule has 1 aromatic rings. The van der Waals surface area contributed by atoms with E-state index < -0.39 is 0 Å². The van der Waals surface area contributed by atoms with E-state index in [1.807, 2.05) is 12.1 Å². The molecule has 0 bridgehead atoms. The van der Waals surface area contributed by atoms with Crippen molar-refractivity contribution in [1.29, 1.82) is 0 Å². The van der Waals surface area contributed by atoms with Crippen molar-refractivity contribution in [2.45, 2.75) is 43.4 Å². The molecule has 110 valence electrons. The summed E-state index contributed by atoms with van der Waals surface area (Å²) in [6.45, 7) is 0. The van der Waals surface area contributed by atoms with Gasteiger partial charge in [0, 0.05) is 17.1 Å². The van der Waals surface area contributed by atoms with Crippen LogP contribution in [0.5, 0.6) is 0 Å². The third-order valence-electron chi connectivity index (χ3n) is 4.04. The van der Waals surface area contributed by atoms with E-state index in [0.717, 1.165) is 16.0 Å². The van der Waals surface area contributed by atoms with E-state index >= 15 is 0 Å². The minimum Gasteiger partial charge on any atom is -0.258 e. The first-order chi connectivity index (χ1) is 9.67. The van der Waals surface area contributed by atoms with Crippen molar-refractivity contribution in [3.05, 3.63) is 34.4 Å². The van der Waals surface area contributed by atoms with Gasteiger partial charge in [-0.25, -0.2) is 0 Å². The van der Waals surface area contributed by atoms with Crippen molar-refractivity contribution in [3.63, 3.8) is 0 Å². The highest BCUT2D eigenvalue weighted by Crippen LogP contribution is 2.42. The van der Waals surface area contributed by atoms with Gasteiger partial charge in [0.2, 0.25) is 0 Å². The number of nitro benzene ring substituents is 1. The van der Waals surface area contributed by atoms with Gasteiger partial charge in [-0.05, 0) is 24.3 Å². The molecule has 0 aliphatic heterocycles. The Hall–Kier alpha value is -0.550. The lowest BCUT2D eigenvalue weighted by Crippen LogP contribution is -2.25. The van der Waals surface area contributed by atoms with Gasteiger partial charge in [-0.2, -0.15) is 0 Å². The zero-order chi connectivity index (χ0) is 14.4. The lowest BCUT2D eigenvalue weighted by Gasteiger charge is -2.30. The Labute approximate surface area is 132 Å². The molecular formula is C15H20BrNO2S. The summed E-state index contributed by atoms with van der Waals surface area (Å²) >= 11 is 5.32. The number of halogens is 1. The zero-order valence-corrected chi connectivity index (χ0v) is 13.9. The first-order valence-corrected chi connectivity index (χ1v) is 9.20. The van der Waals surface area contributed by atoms with E-state index in [2.05, 4.69) is 15.9 Å². The lowest BCUT2D eigenvalue weighted by molar-refractivity contribution is -0.387. The van der Waals surface area contributed by atoms with Crippen LogP contribution in [0.3, 0.4) is 0 Å². The van der Waals surface area contributed by atoms with Crippen LogP contribution in [-0.4, -0.2) is 16.0 Å². The van der Waals surface area contributed by atoms with Crippen LogP contribution in [0.2, 0.25) is 0 Å². The minimum absolute atomic E-state index is 0.232. The molecule has 1 aromatic carbocycles. The number of rotatable bonds is 5. The molecule has 20 heavy (non-hydrogen) atoms. The lowest BCUT2D eigenvalue weighted by atomic mass is 9.85. The number of hydrogen-bond donors (Lipinski definition) is 0. The summed E-state index contributed by atoms with van der Waals surface area (Å²) in [4.78, 5) is 11.6. The smallest absolute Gasteiger partial charge is 0.258 e. The molecule has 0 saturated heterocycles. The van der Waals surface area contributed by atoms with Crippen molar-refractivity contribution in [2.75, 3.05) is 11.1 Å². The summed E-state index contributed by atoms with van der Waals surface area (Å²) < 4.78 is 0. The Morgan fingerprint density at radius 3 is 2.45 bits per heavy atom. The van der Waals surface area contributed by atoms with Gasteiger partial charge < -0.3 is 0 Å². The number of hydrogen-bond acceptors (Lipinski definition) is 3. The molecule has 0 atom stereocenters. The second-order valence-corrected chi connectivity index (χ2v) is 7.14. The molecule has 2 rings (SSSR count). The first-order valence-electron chi connectivity index (χ1n) is 7.09. The van der Waals surface area contributed by atoms with Gasteiger partial charge in [0.1, 0.15) is 0 Å². The van der Waals surface area contributed by atoms with Crippen LogP contribution in [0.1, 0.15) is 38.5 Å². The van der Waals surface area contributed by atoms with E-state index in [0.29, 0.717) is 5.41 Å². The average molecular weight is 358 g/mol. The summed E-state index contributed by atoms with van der Waals surface area (Å²) in [6.07, 6.45) is 7.67. The maximum absolute atomic E-state index is 11.1. The number of nitrogens with zero attached hydrogens (tertiary/aromatic N) is 1. The average Bonchev–Trinajstić information content (AvgIpc) is 2.71. The van der Waals surface area contributed by atoms with E-state index in [1.165, 1.54) is 38.5 Å². The number of nitro groups is 1. The largest absolute Gasteiger partial charge is 0.282 e. The van der Waals surface area contributed by atoms with Crippen LogP contribution in [0.4, 0.5) is 5.69 Å². The predicted molar refractivity (Wildman–Crippen MR) is 87.7 cm³/mol. The van der Waals surface area contributed by atoms with Crippen LogP contribution < -0.4 is 0 Å². The standard InChI is InChI=1S/C15H20BrNO2S/c16-11-15(9-5-1-2-6-10-15)12-20-14-8-4-3-7-13(14)17(18)19/h3-4,7-8H,1-2,5-6,9-12H2. The maximum atomic E-state index is 11.1. The Morgan fingerprint density at radius 2 is 1.85 bits per heavy atom. The molecule has 1 fully saturated rings. The second-order valence-electron chi connectivity index (χ2n) is 5.56. The quantitative estimate of drug-likeness (QED) is 0.232. The molecule has 0 amide bonds. The fourth-order valence-electron chi connectivity index (χ4n) is 2.76. The monoisotopic (exact) mass is 357 g/mol. The van der Waals surface area contributed by atoms with Crippen molar-refractivity contribution < 1.29 is 4.92 Å². The molecule has 1 saturated carbocycles. The van der Waals surface area contributed by atoms with E-state index in [1.54, 1.807) is 23.9 Å². The van der Waals surface area contributed by atoms with Gasteiger partial charge in [-0.3, -0.25) is 10.1 Å². The van der Waals surface area contributed by atoms with Crippen molar-refractivity contribution in [2.24, 2.45) is 5.41 Å². The molecule has 0 spiro atoms. The highest BCUT2D eigenvalue weighted by atomic mass is 79.9. The maximum Gasteiger partial charge on any atom is 0.282 e. The number of para-hydroxylation sites is 1.